The molecule has 0 heterocycles. The van der Waals surface area contributed by atoms with Gasteiger partial charge in [0.2, 0.25) is 15.9 Å². The predicted octanol–water partition coefficient (Wildman–Crippen LogP) is 5.23. The van der Waals surface area contributed by atoms with Gasteiger partial charge in [-0.15, -0.1) is 0 Å². The molecule has 0 unspecified atom stereocenters. The summed E-state index contributed by atoms with van der Waals surface area (Å²) in [7, 11) is -3.66. The monoisotopic (exact) mass is 452 g/mol. The van der Waals surface area contributed by atoms with Gasteiger partial charge in [-0.3, -0.25) is 9.10 Å². The molecule has 6 nitrogen and oxygen atoms in total. The topological polar surface area (TPSA) is 75.7 Å². The van der Waals surface area contributed by atoms with Gasteiger partial charge in [-0.05, 0) is 66.9 Å². The van der Waals surface area contributed by atoms with Crippen LogP contribution in [0.3, 0.4) is 0 Å². The molecule has 1 N–H and O–H groups in total. The lowest BCUT2D eigenvalue weighted by Gasteiger charge is -2.22. The number of nitrogens with zero attached hydrogens (tertiary/aromatic N) is 1. The Morgan fingerprint density at radius 1 is 0.906 bits per heavy atom. The van der Waals surface area contributed by atoms with Crippen LogP contribution in [0.1, 0.15) is 25.3 Å². The van der Waals surface area contributed by atoms with Gasteiger partial charge in [0, 0.05) is 5.69 Å². The molecule has 3 aromatic carbocycles. The van der Waals surface area contributed by atoms with Gasteiger partial charge in [-0.25, -0.2) is 8.42 Å². The van der Waals surface area contributed by atoms with E-state index >= 15 is 0 Å². The minimum Gasteiger partial charge on any atom is -0.457 e. The van der Waals surface area contributed by atoms with E-state index in [4.69, 9.17) is 4.74 Å². The molecule has 168 valence electrons. The van der Waals surface area contributed by atoms with Gasteiger partial charge in [0.05, 0.1) is 11.9 Å². The average molecular weight is 453 g/mol. The zero-order valence-corrected chi connectivity index (χ0v) is 19.1. The predicted molar refractivity (Wildman–Crippen MR) is 129 cm³/mol. The Morgan fingerprint density at radius 2 is 1.53 bits per heavy atom. The second kappa shape index (κ2) is 10.8. The highest BCUT2D eigenvalue weighted by molar-refractivity contribution is 7.92. The third-order valence-corrected chi connectivity index (χ3v) is 5.99. The first kappa shape index (κ1) is 23.3. The number of hydrogen-bond donors (Lipinski definition) is 1. The van der Waals surface area contributed by atoms with Crippen molar-refractivity contribution in [2.24, 2.45) is 0 Å². The van der Waals surface area contributed by atoms with Gasteiger partial charge in [0.15, 0.2) is 0 Å². The Morgan fingerprint density at radius 3 is 2.12 bits per heavy atom. The van der Waals surface area contributed by atoms with Crippen molar-refractivity contribution in [3.05, 3.63) is 84.4 Å². The van der Waals surface area contributed by atoms with Crippen LogP contribution in [0.25, 0.3) is 0 Å². The summed E-state index contributed by atoms with van der Waals surface area (Å²) in [6, 6.07) is 23.5. The molecule has 0 aliphatic rings. The van der Waals surface area contributed by atoms with Crippen LogP contribution in [0, 0.1) is 0 Å². The molecule has 0 spiro atoms. The number of carbonyl (C=O) groups excluding carboxylic acids is 1. The van der Waals surface area contributed by atoms with Crippen molar-refractivity contribution in [2.45, 2.75) is 26.2 Å². The van der Waals surface area contributed by atoms with Crippen LogP contribution in [0.15, 0.2) is 78.9 Å². The Hall–Kier alpha value is -3.32. The summed E-state index contributed by atoms with van der Waals surface area (Å²) in [5.74, 6) is 0.836. The molecule has 0 saturated heterocycles. The standard InChI is InChI=1S/C25H28N2O4S/c1-3-4-8-20-11-13-21(14-12-20)26-25(28)19-27(32(2,29)30)22-15-17-24(18-16-22)31-23-9-6-5-7-10-23/h5-7,9-18H,3-4,8,19H2,1-2H3,(H,26,28). The van der Waals surface area contributed by atoms with Crippen molar-refractivity contribution in [1.29, 1.82) is 0 Å². The Balaban J connectivity index is 1.66. The lowest BCUT2D eigenvalue weighted by atomic mass is 10.1. The minimum atomic E-state index is -3.66. The lowest BCUT2D eigenvalue weighted by molar-refractivity contribution is -0.114. The molecular weight excluding hydrogens is 424 g/mol. The highest BCUT2D eigenvalue weighted by Crippen LogP contribution is 2.25. The first-order chi connectivity index (χ1) is 15.3. The SMILES string of the molecule is CCCCc1ccc(NC(=O)CN(c2ccc(Oc3ccccc3)cc2)S(C)(=O)=O)cc1. The van der Waals surface area contributed by atoms with E-state index in [1.807, 2.05) is 54.6 Å². The van der Waals surface area contributed by atoms with Crippen molar-refractivity contribution >= 4 is 27.3 Å². The van der Waals surface area contributed by atoms with Crippen LogP contribution in [-0.4, -0.2) is 27.1 Å². The number of benzene rings is 3. The quantitative estimate of drug-likeness (QED) is 0.457. The summed E-state index contributed by atoms with van der Waals surface area (Å²) >= 11 is 0. The summed E-state index contributed by atoms with van der Waals surface area (Å²) in [4.78, 5) is 12.6. The fourth-order valence-electron chi connectivity index (χ4n) is 3.17. The molecule has 3 rings (SSSR count). The first-order valence-corrected chi connectivity index (χ1v) is 12.4. The maximum Gasteiger partial charge on any atom is 0.245 e. The van der Waals surface area contributed by atoms with Crippen LogP contribution in [0.2, 0.25) is 0 Å². The number of rotatable bonds is 10. The van der Waals surface area contributed by atoms with Gasteiger partial charge < -0.3 is 10.1 Å². The van der Waals surface area contributed by atoms with E-state index in [1.54, 1.807) is 24.3 Å². The Bertz CT molecular complexity index is 1110. The Kier molecular flexibility index (Phi) is 7.89. The van der Waals surface area contributed by atoms with E-state index < -0.39 is 15.9 Å². The van der Waals surface area contributed by atoms with Crippen molar-refractivity contribution in [3.63, 3.8) is 0 Å². The van der Waals surface area contributed by atoms with Crippen molar-refractivity contribution in [3.8, 4) is 11.5 Å². The zero-order valence-electron chi connectivity index (χ0n) is 18.3. The third-order valence-electron chi connectivity index (χ3n) is 4.85. The van der Waals surface area contributed by atoms with E-state index in [1.165, 1.54) is 5.56 Å². The highest BCUT2D eigenvalue weighted by atomic mass is 32.2. The average Bonchev–Trinajstić information content (AvgIpc) is 2.78. The van der Waals surface area contributed by atoms with Crippen LogP contribution < -0.4 is 14.4 Å². The van der Waals surface area contributed by atoms with Gasteiger partial charge in [0.25, 0.3) is 0 Å². The van der Waals surface area contributed by atoms with Gasteiger partial charge >= 0.3 is 0 Å². The van der Waals surface area contributed by atoms with Crippen LogP contribution in [-0.2, 0) is 21.2 Å². The fourth-order valence-corrected chi connectivity index (χ4v) is 4.03. The van der Waals surface area contributed by atoms with E-state index in [2.05, 4.69) is 12.2 Å². The number of ether oxygens (including phenoxy) is 1. The summed E-state index contributed by atoms with van der Waals surface area (Å²) in [5.41, 5.74) is 2.23. The molecule has 32 heavy (non-hydrogen) atoms. The van der Waals surface area contributed by atoms with Crippen molar-refractivity contribution in [2.75, 3.05) is 22.4 Å². The summed E-state index contributed by atoms with van der Waals surface area (Å²) in [5, 5.41) is 2.77. The summed E-state index contributed by atoms with van der Waals surface area (Å²) in [6.45, 7) is 1.82. The number of sulfonamides is 1. The Labute approximate surface area is 189 Å². The molecule has 0 aliphatic carbocycles. The zero-order chi connectivity index (χ0) is 23.0. The number of carbonyl (C=O) groups is 1. The van der Waals surface area contributed by atoms with Crippen LogP contribution in [0.5, 0.6) is 11.5 Å². The molecular formula is C25H28N2O4S. The molecule has 0 saturated carbocycles. The first-order valence-electron chi connectivity index (χ1n) is 10.5. The molecule has 0 aromatic heterocycles. The second-order valence-corrected chi connectivity index (χ2v) is 9.43. The molecule has 0 radical (unpaired) electrons. The van der Waals surface area contributed by atoms with Gasteiger partial charge in [-0.2, -0.15) is 0 Å². The molecule has 3 aromatic rings. The molecule has 7 heteroatoms. The minimum absolute atomic E-state index is 0.324. The largest absolute Gasteiger partial charge is 0.457 e. The number of nitrogens with one attached hydrogen (secondary N) is 1. The summed E-state index contributed by atoms with van der Waals surface area (Å²) in [6.07, 6.45) is 4.32. The smallest absolute Gasteiger partial charge is 0.245 e. The van der Waals surface area contributed by atoms with Gasteiger partial charge in [0.1, 0.15) is 18.0 Å². The maximum atomic E-state index is 12.6. The van der Waals surface area contributed by atoms with Crippen molar-refractivity contribution < 1.29 is 17.9 Å². The van der Waals surface area contributed by atoms with E-state index in [0.29, 0.717) is 22.9 Å². The van der Waals surface area contributed by atoms with Crippen LogP contribution >= 0.6 is 0 Å². The van der Waals surface area contributed by atoms with E-state index in [0.717, 1.165) is 29.8 Å². The normalized spacial score (nSPS) is 11.1. The molecule has 0 bridgehead atoms. The maximum absolute atomic E-state index is 12.6. The number of amides is 1. The molecule has 1 amide bonds. The van der Waals surface area contributed by atoms with Crippen LogP contribution in [0.4, 0.5) is 11.4 Å². The molecule has 0 aliphatic heterocycles. The number of aryl methyl sites for hydroxylation is 1. The lowest BCUT2D eigenvalue weighted by Crippen LogP contribution is -2.37. The number of anilines is 2. The van der Waals surface area contributed by atoms with E-state index in [-0.39, 0.29) is 6.54 Å². The highest BCUT2D eigenvalue weighted by Gasteiger charge is 2.21. The van der Waals surface area contributed by atoms with E-state index in [9.17, 15) is 13.2 Å². The van der Waals surface area contributed by atoms with Gasteiger partial charge in [-0.1, -0.05) is 43.7 Å². The van der Waals surface area contributed by atoms with Crippen molar-refractivity contribution in [1.82, 2.24) is 0 Å². The number of hydrogen-bond acceptors (Lipinski definition) is 4. The summed E-state index contributed by atoms with van der Waals surface area (Å²) < 4.78 is 31.5. The third kappa shape index (κ3) is 6.85. The second-order valence-electron chi connectivity index (χ2n) is 7.53. The molecule has 0 atom stereocenters. The fraction of sp³-hybridized carbons (Fsp3) is 0.240. The number of para-hydroxylation sites is 1. The molecule has 0 fully saturated rings. The number of unbranched alkanes of at least 4 members (excludes halogenated alkanes) is 1.